The number of hydrogen-bond donors (Lipinski definition) is 2. The van der Waals surface area contributed by atoms with E-state index in [0.717, 1.165) is 36.0 Å². The summed E-state index contributed by atoms with van der Waals surface area (Å²) < 4.78 is 0. The smallest absolute Gasteiger partial charge is 0.0956 e. The van der Waals surface area contributed by atoms with Gasteiger partial charge in [0.05, 0.1) is 17.6 Å². The molecule has 2 aromatic carbocycles. The zero-order valence-electron chi connectivity index (χ0n) is 16.4. The summed E-state index contributed by atoms with van der Waals surface area (Å²) >= 11 is 0. The molecule has 0 spiro atoms. The molecule has 2 aliphatic rings. The fourth-order valence-corrected chi connectivity index (χ4v) is 4.93. The molecule has 2 nitrogen and oxygen atoms in total. The third-order valence-corrected chi connectivity index (χ3v) is 6.47. The molecule has 2 unspecified atom stereocenters. The van der Waals surface area contributed by atoms with Crippen molar-refractivity contribution in [2.75, 3.05) is 0 Å². The van der Waals surface area contributed by atoms with Gasteiger partial charge in [-0.05, 0) is 41.9 Å². The highest BCUT2D eigenvalue weighted by Crippen LogP contribution is 2.46. The minimum Gasteiger partial charge on any atom is -0.388 e. The van der Waals surface area contributed by atoms with E-state index in [4.69, 9.17) is 0 Å². The van der Waals surface area contributed by atoms with E-state index in [1.807, 2.05) is 48.5 Å². The fraction of sp³-hybridized carbons (Fsp3) is 0.385. The molecule has 0 bridgehead atoms. The van der Waals surface area contributed by atoms with Crippen LogP contribution in [-0.2, 0) is 5.41 Å². The number of allylic oxidation sites excluding steroid dienone is 2. The van der Waals surface area contributed by atoms with Crippen LogP contribution < -0.4 is 0 Å². The lowest BCUT2D eigenvalue weighted by atomic mass is 9.68. The van der Waals surface area contributed by atoms with Crippen molar-refractivity contribution in [3.63, 3.8) is 0 Å². The summed E-state index contributed by atoms with van der Waals surface area (Å²) in [5.41, 5.74) is 2.20. The second-order valence-corrected chi connectivity index (χ2v) is 8.22. The Labute approximate surface area is 168 Å². The van der Waals surface area contributed by atoms with Gasteiger partial charge in [0.15, 0.2) is 0 Å². The highest BCUT2D eigenvalue weighted by atomic mass is 16.3. The van der Waals surface area contributed by atoms with Crippen LogP contribution in [0.15, 0.2) is 78.9 Å². The Hall–Kier alpha value is -2.16. The molecule has 2 atom stereocenters. The summed E-state index contributed by atoms with van der Waals surface area (Å²) in [6, 6.07) is 18.0. The molecular formula is C26H30O2. The molecule has 0 amide bonds. The third-order valence-electron chi connectivity index (χ3n) is 6.47. The van der Waals surface area contributed by atoms with Gasteiger partial charge in [-0.15, -0.1) is 0 Å². The summed E-state index contributed by atoms with van der Waals surface area (Å²) in [5, 5.41) is 22.8. The zero-order chi connectivity index (χ0) is 19.4. The number of aliphatic hydroxyl groups excluding tert-OH is 2. The maximum absolute atomic E-state index is 11.5. The number of hydrogen-bond acceptors (Lipinski definition) is 2. The minimum atomic E-state index is -0.707. The van der Waals surface area contributed by atoms with Crippen molar-refractivity contribution in [1.29, 1.82) is 0 Å². The second kappa shape index (κ2) is 8.46. The van der Waals surface area contributed by atoms with E-state index in [-0.39, 0.29) is 0 Å². The molecule has 1 saturated carbocycles. The first-order valence-electron chi connectivity index (χ1n) is 10.6. The summed E-state index contributed by atoms with van der Waals surface area (Å²) in [6.07, 6.45) is 14.0. The lowest BCUT2D eigenvalue weighted by Crippen LogP contribution is -2.33. The molecule has 0 heterocycles. The van der Waals surface area contributed by atoms with Gasteiger partial charge in [-0.1, -0.05) is 98.2 Å². The minimum absolute atomic E-state index is 0.303. The Morgan fingerprint density at radius 3 is 2.14 bits per heavy atom. The topological polar surface area (TPSA) is 40.5 Å². The molecule has 2 heteroatoms. The van der Waals surface area contributed by atoms with Gasteiger partial charge in [-0.3, -0.25) is 0 Å². The highest BCUT2D eigenvalue weighted by molar-refractivity contribution is 5.48. The van der Waals surface area contributed by atoms with Crippen LogP contribution in [0.2, 0.25) is 0 Å². The molecule has 2 aliphatic carbocycles. The Morgan fingerprint density at radius 1 is 0.786 bits per heavy atom. The lowest BCUT2D eigenvalue weighted by molar-refractivity contribution is 0.0801. The van der Waals surface area contributed by atoms with Crippen molar-refractivity contribution in [2.45, 2.75) is 56.1 Å². The van der Waals surface area contributed by atoms with E-state index in [0.29, 0.717) is 5.92 Å². The fourth-order valence-electron chi connectivity index (χ4n) is 4.93. The molecule has 0 saturated heterocycles. The third kappa shape index (κ3) is 3.59. The van der Waals surface area contributed by atoms with Gasteiger partial charge in [0.2, 0.25) is 0 Å². The Morgan fingerprint density at radius 2 is 1.43 bits per heavy atom. The van der Waals surface area contributed by atoms with Crippen molar-refractivity contribution in [2.24, 2.45) is 5.92 Å². The van der Waals surface area contributed by atoms with Crippen molar-refractivity contribution < 1.29 is 10.2 Å². The van der Waals surface area contributed by atoms with Gasteiger partial charge in [0.25, 0.3) is 0 Å². The first kappa shape index (κ1) is 19.2. The average Bonchev–Trinajstić information content (AvgIpc) is 2.79. The molecule has 28 heavy (non-hydrogen) atoms. The number of benzene rings is 2. The monoisotopic (exact) mass is 374 g/mol. The first-order valence-corrected chi connectivity index (χ1v) is 10.6. The van der Waals surface area contributed by atoms with Crippen LogP contribution in [0.1, 0.15) is 67.4 Å². The van der Waals surface area contributed by atoms with Crippen LogP contribution in [-0.4, -0.2) is 10.2 Å². The van der Waals surface area contributed by atoms with Crippen molar-refractivity contribution >= 4 is 0 Å². The largest absolute Gasteiger partial charge is 0.388 e. The summed E-state index contributed by atoms with van der Waals surface area (Å²) in [7, 11) is 0. The first-order chi connectivity index (χ1) is 13.7. The Kier molecular flexibility index (Phi) is 5.79. The van der Waals surface area contributed by atoms with E-state index >= 15 is 0 Å². The molecule has 2 aromatic rings. The van der Waals surface area contributed by atoms with Crippen molar-refractivity contribution in [3.05, 3.63) is 95.6 Å². The number of aliphatic hydroxyl groups is 2. The van der Waals surface area contributed by atoms with E-state index in [1.165, 1.54) is 19.3 Å². The molecule has 0 aromatic heterocycles. The molecule has 2 N–H and O–H groups in total. The standard InChI is InChI=1S/C26H30O2/c27-24(20-12-4-1-5-13-20)22-16-8-9-17-23(22)26(18-10-3-11-19-26)25(28)21-14-6-2-7-15-21/h2,6-11,14-20,24-25,27-28H,1,3-5,12-13H2. The van der Waals surface area contributed by atoms with Crippen LogP contribution in [0, 0.1) is 5.92 Å². The summed E-state index contributed by atoms with van der Waals surface area (Å²) in [6.45, 7) is 0. The highest BCUT2D eigenvalue weighted by Gasteiger charge is 2.40. The molecule has 4 rings (SSSR count). The SMILES string of the molecule is OC(c1ccccc1C1(C(O)c2ccccc2)C=CCC=C1)C1CCCCC1. The lowest BCUT2D eigenvalue weighted by Gasteiger charge is -2.38. The predicted molar refractivity (Wildman–Crippen MR) is 114 cm³/mol. The average molecular weight is 375 g/mol. The van der Waals surface area contributed by atoms with Crippen molar-refractivity contribution in [1.82, 2.24) is 0 Å². The molecule has 146 valence electrons. The number of rotatable bonds is 5. The Balaban J connectivity index is 1.79. The van der Waals surface area contributed by atoms with Gasteiger partial charge < -0.3 is 10.2 Å². The Bertz CT molecular complexity index is 819. The molecular weight excluding hydrogens is 344 g/mol. The summed E-state index contributed by atoms with van der Waals surface area (Å²) in [4.78, 5) is 0. The van der Waals surface area contributed by atoms with Crippen LogP contribution >= 0.6 is 0 Å². The summed E-state index contributed by atoms with van der Waals surface area (Å²) in [5.74, 6) is 0.303. The van der Waals surface area contributed by atoms with E-state index < -0.39 is 17.6 Å². The maximum Gasteiger partial charge on any atom is 0.0956 e. The van der Waals surface area contributed by atoms with Crippen LogP contribution in [0.4, 0.5) is 0 Å². The van der Waals surface area contributed by atoms with Gasteiger partial charge in [-0.2, -0.15) is 0 Å². The van der Waals surface area contributed by atoms with Crippen molar-refractivity contribution in [3.8, 4) is 0 Å². The maximum atomic E-state index is 11.5. The van der Waals surface area contributed by atoms with Crippen LogP contribution in [0.25, 0.3) is 0 Å². The van der Waals surface area contributed by atoms with Crippen LogP contribution in [0.5, 0.6) is 0 Å². The molecule has 0 aliphatic heterocycles. The second-order valence-electron chi connectivity index (χ2n) is 8.22. The van der Waals surface area contributed by atoms with Gasteiger partial charge in [0.1, 0.15) is 0 Å². The van der Waals surface area contributed by atoms with E-state index in [2.05, 4.69) is 30.4 Å². The van der Waals surface area contributed by atoms with Gasteiger partial charge in [-0.25, -0.2) is 0 Å². The molecule has 0 radical (unpaired) electrons. The van der Waals surface area contributed by atoms with Gasteiger partial charge >= 0.3 is 0 Å². The normalized spacial score (nSPS) is 21.4. The van der Waals surface area contributed by atoms with E-state index in [9.17, 15) is 10.2 Å². The predicted octanol–water partition coefficient (Wildman–Crippen LogP) is 5.79. The van der Waals surface area contributed by atoms with Crippen LogP contribution in [0.3, 0.4) is 0 Å². The zero-order valence-corrected chi connectivity index (χ0v) is 16.4. The quantitative estimate of drug-likeness (QED) is 0.651. The van der Waals surface area contributed by atoms with Gasteiger partial charge in [0, 0.05) is 0 Å². The van der Waals surface area contributed by atoms with E-state index in [1.54, 1.807) is 0 Å². The molecule has 1 fully saturated rings.